The van der Waals surface area contributed by atoms with Gasteiger partial charge in [0.25, 0.3) is 0 Å². The van der Waals surface area contributed by atoms with Crippen molar-refractivity contribution in [3.8, 4) is 0 Å². The Morgan fingerprint density at radius 2 is 2.00 bits per heavy atom. The second-order valence-electron chi connectivity index (χ2n) is 6.62. The Morgan fingerprint density at radius 1 is 1.38 bits per heavy atom. The summed E-state index contributed by atoms with van der Waals surface area (Å²) in [5, 5.41) is 1.07. The third kappa shape index (κ3) is 3.74. The second kappa shape index (κ2) is 6.32. The number of carbonyl (C=O) groups excluding carboxylic acids is 1. The van der Waals surface area contributed by atoms with Gasteiger partial charge in [-0.15, -0.1) is 11.3 Å². The summed E-state index contributed by atoms with van der Waals surface area (Å²) in [5.74, 6) is 0.0653. The van der Waals surface area contributed by atoms with E-state index in [1.54, 1.807) is 11.3 Å². The van der Waals surface area contributed by atoms with Crippen LogP contribution in [0.5, 0.6) is 0 Å². The lowest BCUT2D eigenvalue weighted by atomic mass is 9.86. The van der Waals surface area contributed by atoms with E-state index in [-0.39, 0.29) is 11.3 Å². The van der Waals surface area contributed by atoms with Crippen molar-refractivity contribution in [2.45, 2.75) is 40.2 Å². The molecule has 5 nitrogen and oxygen atoms in total. The Morgan fingerprint density at radius 3 is 2.48 bits per heavy atom. The van der Waals surface area contributed by atoms with Crippen molar-refractivity contribution >= 4 is 22.4 Å². The minimum absolute atomic E-state index is 0.0653. The molecule has 1 amide bonds. The van der Waals surface area contributed by atoms with Crippen molar-refractivity contribution in [2.75, 3.05) is 31.1 Å². The van der Waals surface area contributed by atoms with Gasteiger partial charge in [0.1, 0.15) is 0 Å². The van der Waals surface area contributed by atoms with Crippen LogP contribution in [0.15, 0.2) is 6.20 Å². The topological polar surface area (TPSA) is 62.5 Å². The van der Waals surface area contributed by atoms with Crippen LogP contribution in [0.1, 0.15) is 32.6 Å². The largest absolute Gasteiger partial charge is 0.345 e. The number of hydrogen-bond donors (Lipinski definition) is 1. The monoisotopic (exact) mass is 310 g/mol. The quantitative estimate of drug-likeness (QED) is 0.923. The molecule has 1 fully saturated rings. The van der Waals surface area contributed by atoms with Crippen LogP contribution < -0.4 is 10.6 Å². The summed E-state index contributed by atoms with van der Waals surface area (Å²) in [6, 6.07) is -0.435. The van der Waals surface area contributed by atoms with Crippen molar-refractivity contribution in [3.63, 3.8) is 0 Å². The number of piperazine rings is 1. The van der Waals surface area contributed by atoms with E-state index in [4.69, 9.17) is 5.73 Å². The summed E-state index contributed by atoms with van der Waals surface area (Å²) in [6.07, 6.45) is 2.98. The Hall–Kier alpha value is -1.14. The van der Waals surface area contributed by atoms with Crippen molar-refractivity contribution in [1.82, 2.24) is 9.88 Å². The fraction of sp³-hybridized carbons (Fsp3) is 0.733. The summed E-state index contributed by atoms with van der Waals surface area (Å²) in [7, 11) is 0. The molecule has 1 saturated heterocycles. The van der Waals surface area contributed by atoms with Crippen LogP contribution in [0.2, 0.25) is 0 Å². The number of anilines is 1. The van der Waals surface area contributed by atoms with E-state index in [0.717, 1.165) is 37.7 Å². The van der Waals surface area contributed by atoms with E-state index in [1.165, 1.54) is 4.88 Å². The van der Waals surface area contributed by atoms with Gasteiger partial charge in [-0.25, -0.2) is 4.98 Å². The Labute approximate surface area is 131 Å². The summed E-state index contributed by atoms with van der Waals surface area (Å²) in [4.78, 5) is 22.3. The minimum atomic E-state index is -0.435. The van der Waals surface area contributed by atoms with Crippen LogP contribution in [0.4, 0.5) is 5.13 Å². The van der Waals surface area contributed by atoms with Gasteiger partial charge in [-0.3, -0.25) is 4.79 Å². The number of aromatic nitrogens is 1. The first-order chi connectivity index (χ1) is 9.82. The van der Waals surface area contributed by atoms with Gasteiger partial charge in [-0.05, 0) is 11.8 Å². The summed E-state index contributed by atoms with van der Waals surface area (Å²) in [5.41, 5.74) is 5.88. The molecule has 1 aliphatic heterocycles. The molecule has 2 rings (SSSR count). The first-order valence-electron chi connectivity index (χ1n) is 7.57. The molecule has 1 aromatic heterocycles. The zero-order chi connectivity index (χ0) is 15.6. The minimum Gasteiger partial charge on any atom is -0.345 e. The van der Waals surface area contributed by atoms with Crippen molar-refractivity contribution in [3.05, 3.63) is 11.1 Å². The Kier molecular flexibility index (Phi) is 4.88. The fourth-order valence-corrected chi connectivity index (χ4v) is 3.19. The first-order valence-corrected chi connectivity index (χ1v) is 8.38. The van der Waals surface area contributed by atoms with Gasteiger partial charge in [-0.2, -0.15) is 0 Å². The molecule has 0 aliphatic carbocycles. The molecule has 1 atom stereocenters. The zero-order valence-electron chi connectivity index (χ0n) is 13.4. The number of nitrogens with two attached hydrogens (primary N) is 1. The average Bonchev–Trinajstić information content (AvgIpc) is 2.94. The Balaban J connectivity index is 1.92. The highest BCUT2D eigenvalue weighted by molar-refractivity contribution is 7.15. The molecule has 0 unspecified atom stereocenters. The number of thiazole rings is 1. The highest BCUT2D eigenvalue weighted by Crippen LogP contribution is 2.25. The van der Waals surface area contributed by atoms with Gasteiger partial charge in [0, 0.05) is 37.3 Å². The molecular weight excluding hydrogens is 284 g/mol. The predicted molar refractivity (Wildman–Crippen MR) is 87.7 cm³/mol. The van der Waals surface area contributed by atoms with E-state index in [2.05, 4.69) is 16.8 Å². The molecule has 0 aromatic carbocycles. The maximum Gasteiger partial charge on any atom is 0.240 e. The number of rotatable bonds is 3. The molecule has 6 heteroatoms. The maximum atomic E-state index is 12.4. The van der Waals surface area contributed by atoms with E-state index in [0.29, 0.717) is 0 Å². The lowest BCUT2D eigenvalue weighted by Crippen LogP contribution is -2.56. The molecule has 0 bridgehead atoms. The smallest absolute Gasteiger partial charge is 0.240 e. The number of carbonyl (C=O) groups is 1. The molecule has 1 aromatic rings. The summed E-state index contributed by atoms with van der Waals surface area (Å²) >= 11 is 1.75. The first kappa shape index (κ1) is 16.2. The van der Waals surface area contributed by atoms with Gasteiger partial charge < -0.3 is 15.5 Å². The van der Waals surface area contributed by atoms with Crippen LogP contribution in [0.3, 0.4) is 0 Å². The van der Waals surface area contributed by atoms with Crippen LogP contribution in [0, 0.1) is 5.41 Å². The van der Waals surface area contributed by atoms with Gasteiger partial charge in [0.15, 0.2) is 5.13 Å². The molecule has 0 saturated carbocycles. The van der Waals surface area contributed by atoms with Crippen LogP contribution in [-0.2, 0) is 11.2 Å². The van der Waals surface area contributed by atoms with Crippen LogP contribution in [0.25, 0.3) is 0 Å². The number of amides is 1. The average molecular weight is 310 g/mol. The predicted octanol–water partition coefficient (Wildman–Crippen LogP) is 1.73. The fourth-order valence-electron chi connectivity index (χ4n) is 2.29. The molecule has 0 spiro atoms. The molecular formula is C15H26N4OS. The van der Waals surface area contributed by atoms with E-state index < -0.39 is 6.04 Å². The Bertz CT molecular complexity index is 486. The highest BCUT2D eigenvalue weighted by Gasteiger charge is 2.32. The van der Waals surface area contributed by atoms with Gasteiger partial charge in [-0.1, -0.05) is 27.7 Å². The van der Waals surface area contributed by atoms with Gasteiger partial charge in [0.05, 0.1) is 6.04 Å². The highest BCUT2D eigenvalue weighted by atomic mass is 32.1. The molecule has 118 valence electrons. The van der Waals surface area contributed by atoms with E-state index in [1.807, 2.05) is 31.9 Å². The van der Waals surface area contributed by atoms with Crippen LogP contribution >= 0.6 is 11.3 Å². The maximum absolute atomic E-state index is 12.4. The van der Waals surface area contributed by atoms with Gasteiger partial charge >= 0.3 is 0 Å². The van der Waals surface area contributed by atoms with Gasteiger partial charge in [0.2, 0.25) is 5.91 Å². The van der Waals surface area contributed by atoms with E-state index in [9.17, 15) is 4.79 Å². The zero-order valence-corrected chi connectivity index (χ0v) is 14.2. The number of hydrogen-bond acceptors (Lipinski definition) is 5. The van der Waals surface area contributed by atoms with E-state index >= 15 is 0 Å². The third-order valence-electron chi connectivity index (χ3n) is 3.95. The molecule has 21 heavy (non-hydrogen) atoms. The normalized spacial score (nSPS) is 18.0. The van der Waals surface area contributed by atoms with Crippen molar-refractivity contribution in [1.29, 1.82) is 0 Å². The standard InChI is InChI=1S/C15H26N4OS/c1-5-11-10-17-14(21-11)19-8-6-18(7-9-19)13(20)12(16)15(2,3)4/h10,12H,5-9,16H2,1-4H3/t12-/m1/s1. The van der Waals surface area contributed by atoms with Crippen molar-refractivity contribution < 1.29 is 4.79 Å². The lowest BCUT2D eigenvalue weighted by Gasteiger charge is -2.38. The SMILES string of the molecule is CCc1cnc(N2CCN(C(=O)[C@@H](N)C(C)(C)C)CC2)s1. The molecule has 0 radical (unpaired) electrons. The number of nitrogens with zero attached hydrogens (tertiary/aromatic N) is 3. The number of aryl methyl sites for hydroxylation is 1. The summed E-state index contributed by atoms with van der Waals surface area (Å²) < 4.78 is 0. The second-order valence-corrected chi connectivity index (χ2v) is 7.71. The van der Waals surface area contributed by atoms with Crippen LogP contribution in [-0.4, -0.2) is 48.0 Å². The lowest BCUT2D eigenvalue weighted by molar-refractivity contribution is -0.135. The van der Waals surface area contributed by atoms with Crippen molar-refractivity contribution in [2.24, 2.45) is 11.1 Å². The summed E-state index contributed by atoms with van der Waals surface area (Å²) in [6.45, 7) is 11.3. The third-order valence-corrected chi connectivity index (χ3v) is 5.15. The molecule has 2 heterocycles. The molecule has 2 N–H and O–H groups in total. The molecule has 1 aliphatic rings.